The average Bonchev–Trinajstić information content (AvgIpc) is 3.05. The van der Waals surface area contributed by atoms with Crippen LogP contribution in [0.4, 0.5) is 11.4 Å². The number of halogens is 1. The molecule has 0 aromatic heterocycles. The highest BCUT2D eigenvalue weighted by Gasteiger charge is 2.38. The van der Waals surface area contributed by atoms with Gasteiger partial charge in [-0.05, 0) is 67.1 Å². The van der Waals surface area contributed by atoms with Crippen LogP contribution in [0.2, 0.25) is 5.02 Å². The molecule has 2 heterocycles. The molecule has 174 valence electrons. The van der Waals surface area contributed by atoms with Gasteiger partial charge in [-0.25, -0.2) is 0 Å². The van der Waals surface area contributed by atoms with E-state index in [4.69, 9.17) is 16.3 Å². The number of carbonyl (C=O) groups is 2. The van der Waals surface area contributed by atoms with Gasteiger partial charge < -0.3 is 15.0 Å². The van der Waals surface area contributed by atoms with Gasteiger partial charge in [0.1, 0.15) is 5.70 Å². The van der Waals surface area contributed by atoms with Crippen molar-refractivity contribution < 1.29 is 14.3 Å². The topological polar surface area (TPSA) is 61.9 Å². The molecule has 1 fully saturated rings. The summed E-state index contributed by atoms with van der Waals surface area (Å²) in [5, 5.41) is 3.80. The molecule has 0 unspecified atom stereocenters. The number of carbonyl (C=O) groups excluding carboxylic acids is 2. The number of hydrogen-bond acceptors (Lipinski definition) is 5. The number of ether oxygens (including phenoxy) is 1. The van der Waals surface area contributed by atoms with E-state index >= 15 is 0 Å². The molecule has 33 heavy (non-hydrogen) atoms. The number of benzene rings is 2. The van der Waals surface area contributed by atoms with E-state index in [1.807, 2.05) is 12.1 Å². The summed E-state index contributed by atoms with van der Waals surface area (Å²) in [4.78, 5) is 30.1. The first kappa shape index (κ1) is 23.3. The van der Waals surface area contributed by atoms with Crippen LogP contribution in [0.15, 0.2) is 54.2 Å². The van der Waals surface area contributed by atoms with Gasteiger partial charge in [-0.3, -0.25) is 14.5 Å². The summed E-state index contributed by atoms with van der Waals surface area (Å²) >= 11 is 6.04. The van der Waals surface area contributed by atoms with Crippen LogP contribution < -0.4 is 10.2 Å². The fourth-order valence-electron chi connectivity index (χ4n) is 4.31. The second kappa shape index (κ2) is 10.4. The summed E-state index contributed by atoms with van der Waals surface area (Å²) in [5.74, 6) is 0.147. The number of piperidine rings is 1. The second-order valence-electron chi connectivity index (χ2n) is 8.71. The number of methoxy groups -OCH3 is 1. The van der Waals surface area contributed by atoms with E-state index in [-0.39, 0.29) is 11.8 Å². The SMILES string of the molecule is COCCCN1C(=O)C(Nc2ccc(N3CCC(C)CC3)cc2)=C(c2ccc(Cl)cc2)C1=O. The van der Waals surface area contributed by atoms with Gasteiger partial charge in [0, 0.05) is 49.7 Å². The molecule has 6 nitrogen and oxygen atoms in total. The number of nitrogens with one attached hydrogen (secondary N) is 1. The van der Waals surface area contributed by atoms with Crippen LogP contribution in [0.1, 0.15) is 31.7 Å². The third-order valence-corrected chi connectivity index (χ3v) is 6.57. The molecule has 1 N–H and O–H groups in total. The molecule has 2 amide bonds. The minimum absolute atomic E-state index is 0.291. The maximum atomic E-state index is 13.2. The Kier molecular flexibility index (Phi) is 7.36. The number of nitrogens with zero attached hydrogens (tertiary/aromatic N) is 2. The van der Waals surface area contributed by atoms with E-state index in [1.54, 1.807) is 31.4 Å². The lowest BCUT2D eigenvalue weighted by atomic mass is 9.99. The lowest BCUT2D eigenvalue weighted by molar-refractivity contribution is -0.136. The Morgan fingerprint density at radius 2 is 1.67 bits per heavy atom. The Morgan fingerprint density at radius 1 is 1.00 bits per heavy atom. The van der Waals surface area contributed by atoms with Crippen molar-refractivity contribution in [3.05, 3.63) is 64.8 Å². The zero-order valence-corrected chi connectivity index (χ0v) is 19.9. The van der Waals surface area contributed by atoms with Crippen LogP contribution in [-0.2, 0) is 14.3 Å². The highest BCUT2D eigenvalue weighted by Crippen LogP contribution is 2.32. The summed E-state index contributed by atoms with van der Waals surface area (Å²) in [5.41, 5.74) is 3.26. The average molecular weight is 468 g/mol. The van der Waals surface area contributed by atoms with Crippen molar-refractivity contribution in [1.29, 1.82) is 0 Å². The lowest BCUT2D eigenvalue weighted by Gasteiger charge is -2.32. The lowest BCUT2D eigenvalue weighted by Crippen LogP contribution is -2.34. The summed E-state index contributed by atoms with van der Waals surface area (Å²) in [7, 11) is 1.60. The number of anilines is 2. The molecule has 0 radical (unpaired) electrons. The van der Waals surface area contributed by atoms with Gasteiger partial charge in [0.05, 0.1) is 5.57 Å². The van der Waals surface area contributed by atoms with Crippen LogP contribution in [0.3, 0.4) is 0 Å². The van der Waals surface area contributed by atoms with E-state index in [1.165, 1.54) is 23.4 Å². The monoisotopic (exact) mass is 467 g/mol. The van der Waals surface area contributed by atoms with Crippen molar-refractivity contribution in [1.82, 2.24) is 4.90 Å². The van der Waals surface area contributed by atoms with Crippen molar-refractivity contribution >= 4 is 40.4 Å². The standard InChI is InChI=1S/C26H30ClN3O3/c1-18-12-15-29(16-13-18)22-10-8-21(9-11-22)28-24-23(19-4-6-20(27)7-5-19)25(31)30(26(24)32)14-3-17-33-2/h4-11,18,28H,3,12-17H2,1-2H3. The summed E-state index contributed by atoms with van der Waals surface area (Å²) in [6.07, 6.45) is 2.98. The van der Waals surface area contributed by atoms with Crippen LogP contribution >= 0.6 is 11.6 Å². The second-order valence-corrected chi connectivity index (χ2v) is 9.14. The first-order valence-corrected chi connectivity index (χ1v) is 11.8. The van der Waals surface area contributed by atoms with Crippen LogP contribution in [-0.4, -0.2) is 50.1 Å². The predicted octanol–water partition coefficient (Wildman–Crippen LogP) is 4.80. The molecular formula is C26H30ClN3O3. The van der Waals surface area contributed by atoms with Crippen LogP contribution in [0.5, 0.6) is 0 Å². The maximum Gasteiger partial charge on any atom is 0.278 e. The molecule has 0 spiro atoms. The van der Waals surface area contributed by atoms with Gasteiger partial charge in [0.2, 0.25) is 0 Å². The molecule has 2 aliphatic rings. The fraction of sp³-hybridized carbons (Fsp3) is 0.385. The molecule has 2 aliphatic heterocycles. The number of amides is 2. The van der Waals surface area contributed by atoms with E-state index in [0.29, 0.717) is 41.4 Å². The van der Waals surface area contributed by atoms with E-state index in [9.17, 15) is 9.59 Å². The Balaban J connectivity index is 1.58. The highest BCUT2D eigenvalue weighted by molar-refractivity contribution is 6.36. The molecule has 0 bridgehead atoms. The first-order valence-electron chi connectivity index (χ1n) is 11.5. The van der Waals surface area contributed by atoms with Gasteiger partial charge in [-0.15, -0.1) is 0 Å². The van der Waals surface area contributed by atoms with Gasteiger partial charge in [0.15, 0.2) is 0 Å². The van der Waals surface area contributed by atoms with E-state index < -0.39 is 0 Å². The van der Waals surface area contributed by atoms with E-state index in [0.717, 1.165) is 24.7 Å². The van der Waals surface area contributed by atoms with Gasteiger partial charge in [-0.2, -0.15) is 0 Å². The van der Waals surface area contributed by atoms with Crippen LogP contribution in [0.25, 0.3) is 5.57 Å². The molecule has 0 atom stereocenters. The number of imide groups is 1. The largest absolute Gasteiger partial charge is 0.385 e. The Labute approximate surface area is 200 Å². The van der Waals surface area contributed by atoms with Gasteiger partial charge in [0.25, 0.3) is 11.8 Å². The maximum absolute atomic E-state index is 13.2. The summed E-state index contributed by atoms with van der Waals surface area (Å²) in [6, 6.07) is 15.0. The molecular weight excluding hydrogens is 438 g/mol. The van der Waals surface area contributed by atoms with Crippen molar-refractivity contribution in [2.45, 2.75) is 26.2 Å². The van der Waals surface area contributed by atoms with E-state index in [2.05, 4.69) is 29.3 Å². The first-order chi connectivity index (χ1) is 16.0. The van der Waals surface area contributed by atoms with Crippen molar-refractivity contribution in [3.63, 3.8) is 0 Å². The molecule has 0 aliphatic carbocycles. The predicted molar refractivity (Wildman–Crippen MR) is 132 cm³/mol. The fourth-order valence-corrected chi connectivity index (χ4v) is 4.44. The summed E-state index contributed by atoms with van der Waals surface area (Å²) < 4.78 is 5.09. The minimum atomic E-state index is -0.324. The van der Waals surface area contributed by atoms with Crippen molar-refractivity contribution in [2.75, 3.05) is 43.6 Å². The molecule has 2 aromatic carbocycles. The van der Waals surface area contributed by atoms with Crippen molar-refractivity contribution in [2.24, 2.45) is 5.92 Å². The zero-order valence-electron chi connectivity index (χ0n) is 19.1. The Bertz CT molecular complexity index is 1030. The Hall–Kier alpha value is -2.83. The molecule has 2 aromatic rings. The summed E-state index contributed by atoms with van der Waals surface area (Å²) in [6.45, 7) is 5.20. The van der Waals surface area contributed by atoms with Crippen LogP contribution in [0, 0.1) is 5.92 Å². The van der Waals surface area contributed by atoms with Gasteiger partial charge in [-0.1, -0.05) is 30.7 Å². The third-order valence-electron chi connectivity index (χ3n) is 6.32. The Morgan fingerprint density at radius 3 is 2.30 bits per heavy atom. The molecule has 7 heteroatoms. The minimum Gasteiger partial charge on any atom is -0.385 e. The smallest absolute Gasteiger partial charge is 0.278 e. The quantitative estimate of drug-likeness (QED) is 0.446. The zero-order chi connectivity index (χ0) is 23.4. The van der Waals surface area contributed by atoms with Crippen molar-refractivity contribution in [3.8, 4) is 0 Å². The third kappa shape index (κ3) is 5.23. The molecule has 4 rings (SSSR count). The number of rotatable bonds is 8. The highest BCUT2D eigenvalue weighted by atomic mass is 35.5. The molecule has 1 saturated heterocycles. The molecule has 0 saturated carbocycles. The normalized spacial score (nSPS) is 17.3. The van der Waals surface area contributed by atoms with Gasteiger partial charge >= 0.3 is 0 Å². The number of hydrogen-bond donors (Lipinski definition) is 1.